The largest absolute Gasteiger partial charge is 0.396 e. The second-order valence-corrected chi connectivity index (χ2v) is 5.58. The summed E-state index contributed by atoms with van der Waals surface area (Å²) in [5, 5.41) is 15.4. The SMILES string of the molecule is CC(C)C(CCO)NC(=O)NCCc1cccc(Cl)c1. The van der Waals surface area contributed by atoms with Gasteiger partial charge < -0.3 is 15.7 Å². The zero-order valence-electron chi connectivity index (χ0n) is 12.0. The second kappa shape index (κ2) is 8.82. The first kappa shape index (κ1) is 16.8. The van der Waals surface area contributed by atoms with Crippen molar-refractivity contribution >= 4 is 17.6 Å². The summed E-state index contributed by atoms with van der Waals surface area (Å²) < 4.78 is 0. The molecule has 0 saturated heterocycles. The number of hydrogen-bond acceptors (Lipinski definition) is 2. The van der Waals surface area contributed by atoms with Gasteiger partial charge in [-0.3, -0.25) is 0 Å². The van der Waals surface area contributed by atoms with Gasteiger partial charge >= 0.3 is 6.03 Å². The molecule has 0 aliphatic carbocycles. The van der Waals surface area contributed by atoms with Crippen LogP contribution in [-0.2, 0) is 6.42 Å². The van der Waals surface area contributed by atoms with Crippen molar-refractivity contribution in [2.45, 2.75) is 32.7 Å². The predicted octanol–water partition coefficient (Wildman–Crippen LogP) is 2.59. The van der Waals surface area contributed by atoms with Crippen LogP contribution < -0.4 is 10.6 Å². The Bertz CT molecular complexity index is 424. The number of carbonyl (C=O) groups is 1. The van der Waals surface area contributed by atoms with Gasteiger partial charge in [0.15, 0.2) is 0 Å². The van der Waals surface area contributed by atoms with Crippen molar-refractivity contribution in [1.29, 1.82) is 0 Å². The van der Waals surface area contributed by atoms with Crippen LogP contribution in [0.4, 0.5) is 4.79 Å². The van der Waals surface area contributed by atoms with E-state index in [-0.39, 0.29) is 18.7 Å². The van der Waals surface area contributed by atoms with E-state index in [2.05, 4.69) is 10.6 Å². The van der Waals surface area contributed by atoms with Crippen LogP contribution in [0.25, 0.3) is 0 Å². The summed E-state index contributed by atoms with van der Waals surface area (Å²) in [4.78, 5) is 11.8. The molecule has 0 heterocycles. The van der Waals surface area contributed by atoms with Crippen molar-refractivity contribution in [3.8, 4) is 0 Å². The standard InChI is InChI=1S/C15H23ClN2O2/c1-11(2)14(7-9-19)18-15(20)17-8-6-12-4-3-5-13(16)10-12/h3-5,10-11,14,19H,6-9H2,1-2H3,(H2,17,18,20). The molecule has 1 atom stereocenters. The van der Waals surface area contributed by atoms with Crippen molar-refractivity contribution in [2.75, 3.05) is 13.2 Å². The van der Waals surface area contributed by atoms with Crippen molar-refractivity contribution < 1.29 is 9.90 Å². The Morgan fingerprint density at radius 3 is 2.75 bits per heavy atom. The molecule has 0 aromatic heterocycles. The van der Waals surface area contributed by atoms with E-state index in [0.717, 1.165) is 12.0 Å². The first-order valence-corrected chi connectivity index (χ1v) is 7.30. The molecule has 0 aliphatic heterocycles. The fraction of sp³-hybridized carbons (Fsp3) is 0.533. The highest BCUT2D eigenvalue weighted by Gasteiger charge is 2.14. The molecule has 2 amide bonds. The van der Waals surface area contributed by atoms with Gasteiger partial charge in [-0.15, -0.1) is 0 Å². The van der Waals surface area contributed by atoms with E-state index < -0.39 is 0 Å². The molecule has 3 N–H and O–H groups in total. The number of urea groups is 1. The first-order chi connectivity index (χ1) is 9.52. The van der Waals surface area contributed by atoms with Gasteiger partial charge in [-0.1, -0.05) is 37.6 Å². The van der Waals surface area contributed by atoms with Crippen LogP contribution in [0.15, 0.2) is 24.3 Å². The smallest absolute Gasteiger partial charge is 0.315 e. The minimum atomic E-state index is -0.195. The average Bonchev–Trinajstić information content (AvgIpc) is 2.38. The van der Waals surface area contributed by atoms with E-state index in [1.54, 1.807) is 0 Å². The maximum atomic E-state index is 11.8. The van der Waals surface area contributed by atoms with E-state index in [0.29, 0.717) is 23.9 Å². The molecule has 5 heteroatoms. The fourth-order valence-electron chi connectivity index (χ4n) is 1.94. The summed E-state index contributed by atoms with van der Waals surface area (Å²) in [7, 11) is 0. The highest BCUT2D eigenvalue weighted by atomic mass is 35.5. The third-order valence-corrected chi connectivity index (χ3v) is 3.38. The number of aliphatic hydroxyl groups is 1. The molecule has 1 aromatic rings. The van der Waals surface area contributed by atoms with Crippen molar-refractivity contribution in [3.05, 3.63) is 34.9 Å². The Kier molecular flexibility index (Phi) is 7.41. The molecule has 0 aliphatic rings. The van der Waals surface area contributed by atoms with Crippen molar-refractivity contribution in [3.63, 3.8) is 0 Å². The van der Waals surface area contributed by atoms with Crippen molar-refractivity contribution in [1.82, 2.24) is 10.6 Å². The van der Waals surface area contributed by atoms with Gasteiger partial charge in [0.05, 0.1) is 0 Å². The van der Waals surface area contributed by atoms with E-state index in [9.17, 15) is 4.79 Å². The minimum Gasteiger partial charge on any atom is -0.396 e. The van der Waals surface area contributed by atoms with Gasteiger partial charge in [-0.25, -0.2) is 4.79 Å². The number of benzene rings is 1. The van der Waals surface area contributed by atoms with Crippen LogP contribution in [0.5, 0.6) is 0 Å². The first-order valence-electron chi connectivity index (χ1n) is 6.92. The Labute approximate surface area is 125 Å². The number of aliphatic hydroxyl groups excluding tert-OH is 1. The van der Waals surface area contributed by atoms with E-state index in [4.69, 9.17) is 16.7 Å². The highest BCUT2D eigenvalue weighted by molar-refractivity contribution is 6.30. The summed E-state index contributed by atoms with van der Waals surface area (Å²) in [6.45, 7) is 4.67. The molecule has 0 bridgehead atoms. The zero-order valence-corrected chi connectivity index (χ0v) is 12.8. The molecule has 20 heavy (non-hydrogen) atoms. The van der Waals surface area contributed by atoms with Gasteiger partial charge in [0.2, 0.25) is 0 Å². The third-order valence-electron chi connectivity index (χ3n) is 3.15. The van der Waals surface area contributed by atoms with Crippen LogP contribution in [0.1, 0.15) is 25.8 Å². The number of rotatable bonds is 7. The maximum absolute atomic E-state index is 11.8. The Morgan fingerprint density at radius 2 is 2.15 bits per heavy atom. The molecule has 1 unspecified atom stereocenters. The number of amides is 2. The van der Waals surface area contributed by atoms with Crippen LogP contribution in [-0.4, -0.2) is 30.3 Å². The topological polar surface area (TPSA) is 61.4 Å². The van der Waals surface area contributed by atoms with E-state index >= 15 is 0 Å². The van der Waals surface area contributed by atoms with Crippen LogP contribution in [0.2, 0.25) is 5.02 Å². The van der Waals surface area contributed by atoms with Crippen LogP contribution in [0, 0.1) is 5.92 Å². The van der Waals surface area contributed by atoms with Gasteiger partial charge in [-0.2, -0.15) is 0 Å². The molecule has 0 saturated carbocycles. The van der Waals surface area contributed by atoms with Gasteiger partial charge in [0, 0.05) is 24.2 Å². The third kappa shape index (κ3) is 6.26. The molecular formula is C15H23ClN2O2. The van der Waals surface area contributed by atoms with Gasteiger partial charge in [0.1, 0.15) is 0 Å². The molecule has 0 fully saturated rings. The quantitative estimate of drug-likeness (QED) is 0.724. The highest BCUT2D eigenvalue weighted by Crippen LogP contribution is 2.10. The monoisotopic (exact) mass is 298 g/mol. The maximum Gasteiger partial charge on any atom is 0.315 e. The summed E-state index contributed by atoms with van der Waals surface area (Å²) in [6.07, 6.45) is 1.31. The lowest BCUT2D eigenvalue weighted by Crippen LogP contribution is -2.45. The number of hydrogen-bond donors (Lipinski definition) is 3. The summed E-state index contributed by atoms with van der Waals surface area (Å²) in [6, 6.07) is 7.39. The number of carbonyl (C=O) groups excluding carboxylic acids is 1. The summed E-state index contributed by atoms with van der Waals surface area (Å²) in [5.41, 5.74) is 1.09. The van der Waals surface area contributed by atoms with Crippen LogP contribution in [0.3, 0.4) is 0 Å². The summed E-state index contributed by atoms with van der Waals surface area (Å²) in [5.74, 6) is 0.292. The zero-order chi connectivity index (χ0) is 15.0. The normalized spacial score (nSPS) is 12.2. The van der Waals surface area contributed by atoms with E-state index in [1.165, 1.54) is 0 Å². The molecular weight excluding hydrogens is 276 g/mol. The minimum absolute atomic E-state index is 0.00818. The lowest BCUT2D eigenvalue weighted by molar-refractivity contribution is 0.219. The molecule has 1 aromatic carbocycles. The van der Waals surface area contributed by atoms with Gasteiger partial charge in [-0.05, 0) is 36.5 Å². The Morgan fingerprint density at radius 1 is 1.40 bits per heavy atom. The Balaban J connectivity index is 2.32. The second-order valence-electron chi connectivity index (χ2n) is 5.14. The van der Waals surface area contributed by atoms with Gasteiger partial charge in [0.25, 0.3) is 0 Å². The lowest BCUT2D eigenvalue weighted by atomic mass is 10.0. The average molecular weight is 299 g/mol. The molecule has 0 radical (unpaired) electrons. The van der Waals surface area contributed by atoms with E-state index in [1.807, 2.05) is 38.1 Å². The summed E-state index contributed by atoms with van der Waals surface area (Å²) >= 11 is 5.90. The molecule has 4 nitrogen and oxygen atoms in total. The fourth-order valence-corrected chi connectivity index (χ4v) is 2.16. The Hall–Kier alpha value is -1.26. The van der Waals surface area contributed by atoms with Crippen molar-refractivity contribution in [2.24, 2.45) is 5.92 Å². The molecule has 112 valence electrons. The molecule has 0 spiro atoms. The lowest BCUT2D eigenvalue weighted by Gasteiger charge is -2.21. The van der Waals surface area contributed by atoms with Crippen LogP contribution >= 0.6 is 11.6 Å². The molecule has 1 rings (SSSR count). The number of nitrogens with one attached hydrogen (secondary N) is 2. The number of halogens is 1. The predicted molar refractivity (Wildman–Crippen MR) is 82.0 cm³/mol.